The number of unbranched alkanes of at least 4 members (excludes halogenated alkanes) is 1. The second-order valence-corrected chi connectivity index (χ2v) is 10.3. The lowest BCUT2D eigenvalue weighted by molar-refractivity contribution is -0.138. The molecule has 4 aromatic rings. The highest BCUT2D eigenvalue weighted by atomic mass is 19.1. The first-order valence-corrected chi connectivity index (χ1v) is 14.5. The zero-order valence-electron chi connectivity index (χ0n) is 24.5. The second-order valence-electron chi connectivity index (χ2n) is 10.3. The van der Waals surface area contributed by atoms with Gasteiger partial charge in [-0.15, -0.1) is 0 Å². The summed E-state index contributed by atoms with van der Waals surface area (Å²) in [6.07, 6.45) is 1.54. The molecular weight excluding hydrogens is 586 g/mol. The molecule has 3 N–H and O–H groups in total. The maximum Gasteiger partial charge on any atom is 0.303 e. The van der Waals surface area contributed by atoms with Crippen LogP contribution in [0.4, 0.5) is 8.78 Å². The summed E-state index contributed by atoms with van der Waals surface area (Å²) in [6, 6.07) is 20.0. The summed E-state index contributed by atoms with van der Waals surface area (Å²) >= 11 is 0. The Morgan fingerprint density at radius 1 is 0.600 bits per heavy atom. The van der Waals surface area contributed by atoms with Crippen LogP contribution < -0.4 is 14.2 Å². The molecule has 0 aliphatic carbocycles. The molecule has 0 aromatic heterocycles. The summed E-state index contributed by atoms with van der Waals surface area (Å²) in [5.41, 5.74) is 2.94. The van der Waals surface area contributed by atoms with E-state index < -0.39 is 23.6 Å². The first kappa shape index (κ1) is 32.8. The number of carboxylic acid groups (broad SMARTS) is 2. The predicted octanol–water partition coefficient (Wildman–Crippen LogP) is 7.50. The van der Waals surface area contributed by atoms with Crippen molar-refractivity contribution in [2.75, 3.05) is 19.8 Å². The number of ether oxygens (including phenoxy) is 3. The minimum atomic E-state index is -0.962. The third kappa shape index (κ3) is 9.69. The van der Waals surface area contributed by atoms with Gasteiger partial charge in [-0.1, -0.05) is 30.3 Å². The Kier molecular flexibility index (Phi) is 11.7. The molecule has 0 aliphatic heterocycles. The van der Waals surface area contributed by atoms with E-state index in [4.69, 9.17) is 19.3 Å². The van der Waals surface area contributed by atoms with Crippen molar-refractivity contribution in [1.29, 1.82) is 0 Å². The molecule has 0 bridgehead atoms. The normalized spacial score (nSPS) is 10.8. The van der Waals surface area contributed by atoms with Crippen molar-refractivity contribution in [3.63, 3.8) is 0 Å². The van der Waals surface area contributed by atoms with Gasteiger partial charge in [-0.05, 0) is 72.9 Å². The van der Waals surface area contributed by atoms with Gasteiger partial charge in [0.25, 0.3) is 0 Å². The Hall–Kier alpha value is -5.12. The van der Waals surface area contributed by atoms with Gasteiger partial charge in [0.15, 0.2) is 0 Å². The van der Waals surface area contributed by atoms with Crippen LogP contribution in [0.25, 0.3) is 22.3 Å². The molecule has 0 saturated heterocycles. The topological polar surface area (TPSA) is 123 Å². The zero-order valence-corrected chi connectivity index (χ0v) is 24.5. The molecule has 10 heteroatoms. The van der Waals surface area contributed by atoms with Gasteiger partial charge in [-0.25, -0.2) is 8.78 Å². The monoisotopic (exact) mass is 620 g/mol. The van der Waals surface area contributed by atoms with Crippen molar-refractivity contribution in [2.45, 2.75) is 38.5 Å². The van der Waals surface area contributed by atoms with E-state index in [0.717, 1.165) is 0 Å². The molecule has 0 saturated carbocycles. The molecular formula is C35H34F2O8. The number of hydrogen-bond acceptors (Lipinski definition) is 6. The van der Waals surface area contributed by atoms with Gasteiger partial charge in [0, 0.05) is 42.0 Å². The Labute approximate surface area is 259 Å². The number of phenolic OH excluding ortho intramolecular Hbond substituents is 1. The van der Waals surface area contributed by atoms with Gasteiger partial charge in [-0.2, -0.15) is 0 Å². The molecule has 8 nitrogen and oxygen atoms in total. The van der Waals surface area contributed by atoms with Crippen molar-refractivity contribution in [2.24, 2.45) is 0 Å². The molecule has 0 amide bonds. The van der Waals surface area contributed by atoms with Crippen LogP contribution in [0.15, 0.2) is 78.9 Å². The fraction of sp³-hybridized carbons (Fsp3) is 0.257. The van der Waals surface area contributed by atoms with Crippen LogP contribution in [0.3, 0.4) is 0 Å². The van der Waals surface area contributed by atoms with Crippen LogP contribution in [0.5, 0.6) is 23.0 Å². The summed E-state index contributed by atoms with van der Waals surface area (Å²) in [4.78, 5) is 22.0. The zero-order chi connectivity index (χ0) is 32.2. The van der Waals surface area contributed by atoms with E-state index >= 15 is 0 Å². The second kappa shape index (κ2) is 16.1. The van der Waals surface area contributed by atoms with E-state index in [1.165, 1.54) is 30.3 Å². The fourth-order valence-electron chi connectivity index (χ4n) is 4.68. The maximum absolute atomic E-state index is 13.7. The molecule has 236 valence electrons. The number of benzene rings is 4. The van der Waals surface area contributed by atoms with Gasteiger partial charge in [0.1, 0.15) is 34.6 Å². The van der Waals surface area contributed by atoms with Crippen molar-refractivity contribution >= 4 is 11.9 Å². The summed E-state index contributed by atoms with van der Waals surface area (Å²) in [5.74, 6) is -1.37. The number of aromatic hydroxyl groups is 1. The number of carboxylic acids is 2. The number of carbonyl (C=O) groups is 2. The van der Waals surface area contributed by atoms with Crippen molar-refractivity contribution < 1.29 is 47.9 Å². The van der Waals surface area contributed by atoms with Crippen LogP contribution in [0.2, 0.25) is 0 Å². The van der Waals surface area contributed by atoms with Gasteiger partial charge in [-0.3, -0.25) is 9.59 Å². The molecule has 0 unspecified atom stereocenters. The minimum absolute atomic E-state index is 0.0455. The van der Waals surface area contributed by atoms with Crippen LogP contribution >= 0.6 is 0 Å². The lowest BCUT2D eigenvalue weighted by Gasteiger charge is -2.17. The SMILES string of the molecule is O=C(O)CCCCOc1cccc(OCCCOc2cc(O)c(-c3ccc(F)cc3)cc2-c2ccc(F)cc2)c1CCC(=O)O. The van der Waals surface area contributed by atoms with Crippen molar-refractivity contribution in [3.05, 3.63) is 96.1 Å². The van der Waals surface area contributed by atoms with Gasteiger partial charge in [0.2, 0.25) is 0 Å². The largest absolute Gasteiger partial charge is 0.507 e. The van der Waals surface area contributed by atoms with Crippen LogP contribution in [0, 0.1) is 11.6 Å². The molecule has 0 atom stereocenters. The fourth-order valence-corrected chi connectivity index (χ4v) is 4.68. The maximum atomic E-state index is 13.7. The van der Waals surface area contributed by atoms with Crippen LogP contribution in [-0.2, 0) is 16.0 Å². The van der Waals surface area contributed by atoms with E-state index in [1.54, 1.807) is 48.5 Å². The molecule has 0 aliphatic rings. The molecule has 4 rings (SSSR count). The van der Waals surface area contributed by atoms with Gasteiger partial charge < -0.3 is 29.5 Å². The lowest BCUT2D eigenvalue weighted by atomic mass is 9.97. The highest BCUT2D eigenvalue weighted by molar-refractivity contribution is 5.81. The molecule has 45 heavy (non-hydrogen) atoms. The first-order valence-electron chi connectivity index (χ1n) is 14.5. The Morgan fingerprint density at radius 2 is 1.11 bits per heavy atom. The smallest absolute Gasteiger partial charge is 0.303 e. The third-order valence-corrected chi connectivity index (χ3v) is 6.93. The molecule has 4 aromatic carbocycles. The highest BCUT2D eigenvalue weighted by Gasteiger charge is 2.16. The molecule has 0 heterocycles. The number of phenols is 1. The average molecular weight is 621 g/mol. The van der Waals surface area contributed by atoms with Gasteiger partial charge in [0.05, 0.1) is 19.8 Å². The molecule has 0 spiro atoms. The summed E-state index contributed by atoms with van der Waals surface area (Å²) < 4.78 is 45.0. The summed E-state index contributed by atoms with van der Waals surface area (Å²) in [6.45, 7) is 0.718. The first-order chi connectivity index (χ1) is 21.7. The quantitative estimate of drug-likeness (QED) is 0.104. The number of aliphatic carboxylic acids is 2. The average Bonchev–Trinajstić information content (AvgIpc) is 3.01. The number of halogens is 2. The third-order valence-electron chi connectivity index (χ3n) is 6.93. The van der Waals surface area contributed by atoms with E-state index in [1.807, 2.05) is 0 Å². The van der Waals surface area contributed by atoms with E-state index in [-0.39, 0.29) is 44.8 Å². The number of hydrogen-bond donors (Lipinski definition) is 3. The Bertz CT molecular complexity index is 1590. The Balaban J connectivity index is 1.44. The Morgan fingerprint density at radius 3 is 1.67 bits per heavy atom. The summed E-state index contributed by atoms with van der Waals surface area (Å²) in [5, 5.41) is 28.8. The van der Waals surface area contributed by atoms with Crippen molar-refractivity contribution in [3.8, 4) is 45.3 Å². The van der Waals surface area contributed by atoms with Crippen molar-refractivity contribution in [1.82, 2.24) is 0 Å². The standard InChI is InChI=1S/C35H34F2O8/c36-25-12-8-23(9-13-25)28-21-29(24-10-14-26(37)15-11-24)33(22-30(28)38)45-20-4-19-44-32-6-3-5-31(27(32)16-17-35(41)42)43-18-2-1-7-34(39)40/h3,5-6,8-15,21-22,38H,1-2,4,7,16-20H2,(H,39,40)(H,41,42). The lowest BCUT2D eigenvalue weighted by Crippen LogP contribution is -2.09. The van der Waals surface area contributed by atoms with E-state index in [2.05, 4.69) is 0 Å². The highest BCUT2D eigenvalue weighted by Crippen LogP contribution is 2.40. The minimum Gasteiger partial charge on any atom is -0.507 e. The molecule has 0 radical (unpaired) electrons. The van der Waals surface area contributed by atoms with E-state index in [0.29, 0.717) is 64.3 Å². The van der Waals surface area contributed by atoms with Crippen LogP contribution in [-0.4, -0.2) is 47.1 Å². The predicted molar refractivity (Wildman–Crippen MR) is 164 cm³/mol. The number of rotatable bonds is 17. The van der Waals surface area contributed by atoms with Gasteiger partial charge >= 0.3 is 11.9 Å². The molecule has 0 fully saturated rings. The summed E-state index contributed by atoms with van der Waals surface area (Å²) in [7, 11) is 0. The van der Waals surface area contributed by atoms with E-state index in [9.17, 15) is 28.6 Å². The van der Waals surface area contributed by atoms with Crippen LogP contribution in [0.1, 0.15) is 37.7 Å².